The molecule has 1 N–H and O–H groups in total. The summed E-state index contributed by atoms with van der Waals surface area (Å²) in [5.41, 5.74) is 3.18. The quantitative estimate of drug-likeness (QED) is 0.190. The van der Waals surface area contributed by atoms with Crippen LogP contribution in [-0.2, 0) is 4.79 Å². The molecule has 1 aromatic heterocycles. The van der Waals surface area contributed by atoms with E-state index in [2.05, 4.69) is 15.5 Å². The summed E-state index contributed by atoms with van der Waals surface area (Å²) in [5, 5.41) is 12.5. The van der Waals surface area contributed by atoms with Crippen LogP contribution in [0.15, 0.2) is 65.8 Å². The Morgan fingerprint density at radius 3 is 2.02 bits per heavy atom. The summed E-state index contributed by atoms with van der Waals surface area (Å²) in [5.74, 6) is 2.22. The van der Waals surface area contributed by atoms with Gasteiger partial charge in [-0.2, -0.15) is 0 Å². The van der Waals surface area contributed by atoms with Crippen LogP contribution in [0.1, 0.15) is 13.8 Å². The van der Waals surface area contributed by atoms with Crippen molar-refractivity contribution in [3.05, 3.63) is 65.7 Å². The van der Waals surface area contributed by atoms with Crippen molar-refractivity contribution in [3.63, 3.8) is 0 Å². The van der Waals surface area contributed by atoms with E-state index in [0.717, 1.165) is 11.1 Å². The van der Waals surface area contributed by atoms with E-state index in [4.69, 9.17) is 35.5 Å². The highest BCUT2D eigenvalue weighted by Gasteiger charge is 2.19. The number of anilines is 1. The van der Waals surface area contributed by atoms with Crippen molar-refractivity contribution >= 4 is 35.0 Å². The summed E-state index contributed by atoms with van der Waals surface area (Å²) < 4.78 is 22.5. The predicted octanol–water partition coefficient (Wildman–Crippen LogP) is 6.40. The second-order valence-electron chi connectivity index (χ2n) is 8.24. The normalized spacial score (nSPS) is 10.6. The van der Waals surface area contributed by atoms with Crippen molar-refractivity contribution in [1.82, 2.24) is 15.2 Å². The number of carbonyl (C=O) groups excluding carboxylic acids is 1. The van der Waals surface area contributed by atoms with E-state index < -0.39 is 0 Å². The Kier molecular flexibility index (Phi) is 10.0. The van der Waals surface area contributed by atoms with Crippen molar-refractivity contribution < 1.29 is 23.7 Å². The number of amides is 1. The van der Waals surface area contributed by atoms with Gasteiger partial charge in [-0.15, -0.1) is 10.2 Å². The summed E-state index contributed by atoms with van der Waals surface area (Å²) in [7, 11) is 3.18. The molecule has 1 amide bonds. The number of halogens is 1. The monoisotopic (exact) mass is 580 g/mol. The first-order chi connectivity index (χ1) is 19.4. The van der Waals surface area contributed by atoms with Gasteiger partial charge in [0.25, 0.3) is 0 Å². The second kappa shape index (κ2) is 13.9. The van der Waals surface area contributed by atoms with Gasteiger partial charge in [0.2, 0.25) is 11.1 Å². The molecule has 0 spiro atoms. The topological polar surface area (TPSA) is 105 Å². The number of ether oxygens (including phenoxy) is 4. The second-order valence-corrected chi connectivity index (χ2v) is 9.62. The summed E-state index contributed by atoms with van der Waals surface area (Å²) in [6, 6.07) is 18.0. The average molecular weight is 581 g/mol. The number of carbonyl (C=O) groups is 1. The van der Waals surface area contributed by atoms with Gasteiger partial charge in [0.15, 0.2) is 23.0 Å². The molecule has 0 aliphatic carbocycles. The Bertz CT molecular complexity index is 1490. The summed E-state index contributed by atoms with van der Waals surface area (Å²) in [4.78, 5) is 17.4. The largest absolute Gasteiger partial charge is 0.493 e. The third-order valence-electron chi connectivity index (χ3n) is 5.58. The Labute approximate surface area is 242 Å². The molecule has 40 heavy (non-hydrogen) atoms. The lowest BCUT2D eigenvalue weighted by molar-refractivity contribution is -0.113. The molecule has 0 fully saturated rings. The molecule has 1 heterocycles. The van der Waals surface area contributed by atoms with Crippen LogP contribution in [0.5, 0.6) is 23.0 Å². The third kappa shape index (κ3) is 7.13. The molecule has 0 atom stereocenters. The van der Waals surface area contributed by atoms with Crippen molar-refractivity contribution in [3.8, 4) is 45.5 Å². The number of aromatic nitrogens is 3. The zero-order valence-corrected chi connectivity index (χ0v) is 24.1. The van der Waals surface area contributed by atoms with E-state index in [0.29, 0.717) is 63.5 Å². The summed E-state index contributed by atoms with van der Waals surface area (Å²) in [6.45, 7) is 4.74. The van der Waals surface area contributed by atoms with Gasteiger partial charge >= 0.3 is 0 Å². The molecule has 4 rings (SSSR count). The van der Waals surface area contributed by atoms with Gasteiger partial charge in [-0.1, -0.05) is 29.4 Å². The number of nitrogens with zero attached hydrogens (tertiary/aromatic N) is 3. The molecule has 0 saturated heterocycles. The summed E-state index contributed by atoms with van der Waals surface area (Å²) in [6.07, 6.45) is 0. The molecule has 0 bridgehead atoms. The molecule has 208 valence electrons. The lowest BCUT2D eigenvalue weighted by Crippen LogP contribution is -2.14. The third-order valence-corrected chi connectivity index (χ3v) is 6.65. The van der Waals surface area contributed by atoms with E-state index in [9.17, 15) is 4.79 Å². The smallest absolute Gasteiger partial charge is 0.234 e. The van der Waals surface area contributed by atoms with Crippen molar-refractivity contribution in [2.75, 3.05) is 38.5 Å². The molecule has 0 saturated carbocycles. The van der Waals surface area contributed by atoms with Gasteiger partial charge in [0, 0.05) is 21.8 Å². The highest BCUT2D eigenvalue weighted by molar-refractivity contribution is 7.99. The lowest BCUT2D eigenvalue weighted by Gasteiger charge is -2.15. The molecule has 0 aliphatic heterocycles. The molecule has 3 aromatic carbocycles. The molecule has 9 nitrogen and oxygen atoms in total. The highest BCUT2D eigenvalue weighted by Crippen LogP contribution is 2.38. The number of hydrogen-bond donors (Lipinski definition) is 1. The van der Waals surface area contributed by atoms with E-state index >= 15 is 0 Å². The minimum Gasteiger partial charge on any atom is -0.493 e. The van der Waals surface area contributed by atoms with Crippen LogP contribution in [0.25, 0.3) is 22.5 Å². The van der Waals surface area contributed by atoms with Crippen LogP contribution in [0.4, 0.5) is 5.69 Å². The van der Waals surface area contributed by atoms with Gasteiger partial charge in [-0.3, -0.25) is 4.79 Å². The van der Waals surface area contributed by atoms with Crippen LogP contribution in [-0.4, -0.2) is 54.3 Å². The standard InChI is InChI=1S/C29H29ClN4O5S/c1-5-38-24-14-18(10-12-22(24)36-3)27-28(19-11-13-23(37-4)25(15-19)39-6-2)33-34-29(32-27)40-17-26(35)31-21-9-7-8-20(30)16-21/h7-16H,5-6,17H2,1-4H3,(H,31,35). The molecule has 0 aliphatic rings. The maximum Gasteiger partial charge on any atom is 0.234 e. The highest BCUT2D eigenvalue weighted by atomic mass is 35.5. The Hall–Kier alpha value is -4.02. The number of thioether (sulfide) groups is 1. The van der Waals surface area contributed by atoms with Crippen LogP contribution >= 0.6 is 23.4 Å². The lowest BCUT2D eigenvalue weighted by atomic mass is 10.0. The molecule has 4 aromatic rings. The summed E-state index contributed by atoms with van der Waals surface area (Å²) >= 11 is 7.19. The van der Waals surface area contributed by atoms with Crippen LogP contribution in [0, 0.1) is 0 Å². The maximum absolute atomic E-state index is 12.6. The van der Waals surface area contributed by atoms with Crippen LogP contribution in [0.3, 0.4) is 0 Å². The molecule has 11 heteroatoms. The number of methoxy groups -OCH3 is 2. The number of nitrogens with one attached hydrogen (secondary N) is 1. The van der Waals surface area contributed by atoms with Crippen LogP contribution < -0.4 is 24.3 Å². The Morgan fingerprint density at radius 2 is 1.45 bits per heavy atom. The molecule has 0 unspecified atom stereocenters. The zero-order valence-electron chi connectivity index (χ0n) is 22.6. The van der Waals surface area contributed by atoms with E-state index in [-0.39, 0.29) is 11.7 Å². The average Bonchev–Trinajstić information content (AvgIpc) is 2.96. The first-order valence-corrected chi connectivity index (χ1v) is 13.9. The predicted molar refractivity (Wildman–Crippen MR) is 157 cm³/mol. The van der Waals surface area contributed by atoms with Gasteiger partial charge < -0.3 is 24.3 Å². The van der Waals surface area contributed by atoms with Gasteiger partial charge in [0.05, 0.1) is 33.2 Å². The fourth-order valence-corrected chi connectivity index (χ4v) is 4.62. The number of hydrogen-bond acceptors (Lipinski definition) is 9. The Balaban J connectivity index is 1.70. The van der Waals surface area contributed by atoms with Crippen LogP contribution in [0.2, 0.25) is 5.02 Å². The van der Waals surface area contributed by atoms with E-state index in [1.54, 1.807) is 38.5 Å². The molecular formula is C29H29ClN4O5S. The Morgan fingerprint density at radius 1 is 0.825 bits per heavy atom. The maximum atomic E-state index is 12.6. The fraction of sp³-hybridized carbons (Fsp3) is 0.241. The fourth-order valence-electron chi connectivity index (χ4n) is 3.85. The zero-order chi connectivity index (χ0) is 28.5. The van der Waals surface area contributed by atoms with Gasteiger partial charge in [-0.25, -0.2) is 4.98 Å². The minimum absolute atomic E-state index is 0.0802. The number of benzene rings is 3. The van der Waals surface area contributed by atoms with E-state index in [1.165, 1.54) is 11.8 Å². The SMILES string of the molecule is CCOc1cc(-c2nnc(SCC(=O)Nc3cccc(Cl)c3)nc2-c2ccc(OC)c(OCC)c2)ccc1OC. The van der Waals surface area contributed by atoms with Crippen molar-refractivity contribution in [2.45, 2.75) is 19.0 Å². The van der Waals surface area contributed by atoms with Crippen molar-refractivity contribution in [2.24, 2.45) is 0 Å². The first kappa shape index (κ1) is 29.0. The first-order valence-electron chi connectivity index (χ1n) is 12.5. The van der Waals surface area contributed by atoms with Gasteiger partial charge in [-0.05, 0) is 68.4 Å². The number of rotatable bonds is 12. The molecular weight excluding hydrogens is 552 g/mol. The minimum atomic E-state index is -0.221. The van der Waals surface area contributed by atoms with Gasteiger partial charge in [0.1, 0.15) is 11.4 Å². The molecule has 0 radical (unpaired) electrons. The van der Waals surface area contributed by atoms with E-state index in [1.807, 2.05) is 50.2 Å². The van der Waals surface area contributed by atoms with Crippen molar-refractivity contribution in [1.29, 1.82) is 0 Å².